The van der Waals surface area contributed by atoms with Gasteiger partial charge in [-0.3, -0.25) is 9.59 Å². The van der Waals surface area contributed by atoms with E-state index in [0.717, 1.165) is 5.56 Å². The third kappa shape index (κ3) is 4.05. The van der Waals surface area contributed by atoms with Crippen molar-refractivity contribution in [3.8, 4) is 0 Å². The minimum absolute atomic E-state index is 0.00236. The molecular weight excluding hydrogens is 272 g/mol. The van der Waals surface area contributed by atoms with Crippen LogP contribution < -0.4 is 10.6 Å². The Morgan fingerprint density at radius 3 is 2.62 bits per heavy atom. The van der Waals surface area contributed by atoms with E-state index in [2.05, 4.69) is 15.4 Å². The van der Waals surface area contributed by atoms with E-state index in [1.165, 1.54) is 7.11 Å². The Bertz CT molecular complexity index is 529. The van der Waals surface area contributed by atoms with Gasteiger partial charge in [0.1, 0.15) is 0 Å². The van der Waals surface area contributed by atoms with Crippen molar-refractivity contribution in [1.82, 2.24) is 10.6 Å². The van der Waals surface area contributed by atoms with Gasteiger partial charge in [-0.05, 0) is 24.1 Å². The van der Waals surface area contributed by atoms with Crippen LogP contribution in [0.1, 0.15) is 28.8 Å². The van der Waals surface area contributed by atoms with E-state index in [1.54, 1.807) is 24.3 Å². The fraction of sp³-hybridized carbons (Fsp3) is 0.400. The highest BCUT2D eigenvalue weighted by molar-refractivity contribution is 5.89. The highest BCUT2D eigenvalue weighted by Crippen LogP contribution is 2.11. The lowest BCUT2D eigenvalue weighted by Crippen LogP contribution is -2.42. The molecule has 1 aliphatic rings. The van der Waals surface area contributed by atoms with Crippen molar-refractivity contribution in [3.63, 3.8) is 0 Å². The molecule has 112 valence electrons. The molecule has 0 radical (unpaired) electrons. The number of hydrogen-bond donors (Lipinski definition) is 2. The first kappa shape index (κ1) is 15.0. The summed E-state index contributed by atoms with van der Waals surface area (Å²) in [5.74, 6) is -0.620. The van der Waals surface area contributed by atoms with Crippen LogP contribution in [0, 0.1) is 5.92 Å². The molecule has 1 saturated heterocycles. The molecule has 6 nitrogen and oxygen atoms in total. The Balaban J connectivity index is 1.83. The van der Waals surface area contributed by atoms with Gasteiger partial charge in [0.15, 0.2) is 0 Å². The fourth-order valence-electron chi connectivity index (χ4n) is 2.17. The Labute approximate surface area is 122 Å². The zero-order chi connectivity index (χ0) is 15.2. The number of esters is 1. The van der Waals surface area contributed by atoms with Crippen LogP contribution in [0.25, 0.3) is 0 Å². The predicted octanol–water partition coefficient (Wildman–Crippen LogP) is 0.616. The first-order chi connectivity index (χ1) is 10.1. The highest BCUT2D eigenvalue weighted by Gasteiger charge is 2.23. The van der Waals surface area contributed by atoms with E-state index in [-0.39, 0.29) is 23.7 Å². The molecule has 0 saturated carbocycles. The summed E-state index contributed by atoms with van der Waals surface area (Å²) in [6.07, 6.45) is 0.977. The summed E-state index contributed by atoms with van der Waals surface area (Å²) in [5, 5.41) is 5.53. The van der Waals surface area contributed by atoms with Gasteiger partial charge in [0.05, 0.1) is 18.6 Å². The molecule has 2 N–H and O–H groups in total. The number of piperidine rings is 1. The van der Waals surface area contributed by atoms with E-state index < -0.39 is 0 Å². The third-order valence-corrected chi connectivity index (χ3v) is 3.48. The van der Waals surface area contributed by atoms with Crippen LogP contribution >= 0.6 is 0 Å². The normalized spacial score (nSPS) is 17.8. The molecule has 0 bridgehead atoms. The maximum absolute atomic E-state index is 12.0. The first-order valence-corrected chi connectivity index (χ1v) is 6.82. The second-order valence-electron chi connectivity index (χ2n) is 4.95. The van der Waals surface area contributed by atoms with E-state index >= 15 is 0 Å². The third-order valence-electron chi connectivity index (χ3n) is 3.48. The molecule has 0 aliphatic carbocycles. The molecule has 1 aliphatic heterocycles. The second kappa shape index (κ2) is 6.88. The lowest BCUT2D eigenvalue weighted by Gasteiger charge is -2.21. The van der Waals surface area contributed by atoms with Crippen LogP contribution in [0.3, 0.4) is 0 Å². The van der Waals surface area contributed by atoms with Crippen LogP contribution in [0.5, 0.6) is 0 Å². The van der Waals surface area contributed by atoms with Crippen molar-refractivity contribution < 1.29 is 19.1 Å². The van der Waals surface area contributed by atoms with Crippen LogP contribution in [0.2, 0.25) is 0 Å². The molecule has 0 aromatic heterocycles. The summed E-state index contributed by atoms with van der Waals surface area (Å²) >= 11 is 0. The summed E-state index contributed by atoms with van der Waals surface area (Å²) in [6, 6.07) is 6.87. The monoisotopic (exact) mass is 290 g/mol. The average Bonchev–Trinajstić information content (AvgIpc) is 2.53. The largest absolute Gasteiger partial charge is 0.465 e. The van der Waals surface area contributed by atoms with E-state index in [9.17, 15) is 14.4 Å². The smallest absolute Gasteiger partial charge is 0.337 e. The van der Waals surface area contributed by atoms with E-state index in [0.29, 0.717) is 31.5 Å². The SMILES string of the molecule is COC(=O)c1ccc(CNC(=O)C2CCC(=O)NC2)cc1. The Hall–Kier alpha value is -2.37. The van der Waals surface area contributed by atoms with Crippen molar-refractivity contribution in [2.45, 2.75) is 19.4 Å². The van der Waals surface area contributed by atoms with Gasteiger partial charge >= 0.3 is 5.97 Å². The summed E-state index contributed by atoms with van der Waals surface area (Å²) < 4.78 is 4.62. The lowest BCUT2D eigenvalue weighted by atomic mass is 9.98. The molecule has 1 aromatic carbocycles. The Morgan fingerprint density at radius 2 is 2.05 bits per heavy atom. The highest BCUT2D eigenvalue weighted by atomic mass is 16.5. The molecule has 6 heteroatoms. The van der Waals surface area contributed by atoms with Gasteiger partial charge in [-0.1, -0.05) is 12.1 Å². The quantitative estimate of drug-likeness (QED) is 0.796. The van der Waals surface area contributed by atoms with E-state index in [1.807, 2.05) is 0 Å². The number of ether oxygens (including phenoxy) is 1. The van der Waals surface area contributed by atoms with Crippen molar-refractivity contribution in [2.24, 2.45) is 5.92 Å². The minimum Gasteiger partial charge on any atom is -0.465 e. The van der Waals surface area contributed by atoms with E-state index in [4.69, 9.17) is 0 Å². The average molecular weight is 290 g/mol. The van der Waals surface area contributed by atoms with Gasteiger partial charge in [-0.2, -0.15) is 0 Å². The number of amides is 2. The fourth-order valence-corrected chi connectivity index (χ4v) is 2.17. The van der Waals surface area contributed by atoms with Crippen molar-refractivity contribution in [3.05, 3.63) is 35.4 Å². The minimum atomic E-state index is -0.386. The van der Waals surface area contributed by atoms with Gasteiger partial charge in [0.25, 0.3) is 0 Å². The zero-order valence-electron chi connectivity index (χ0n) is 11.8. The maximum atomic E-state index is 12.0. The Kier molecular flexibility index (Phi) is 4.92. The maximum Gasteiger partial charge on any atom is 0.337 e. The van der Waals surface area contributed by atoms with Crippen LogP contribution in [0.15, 0.2) is 24.3 Å². The van der Waals surface area contributed by atoms with Crippen molar-refractivity contribution in [2.75, 3.05) is 13.7 Å². The Morgan fingerprint density at radius 1 is 1.33 bits per heavy atom. The summed E-state index contributed by atoms with van der Waals surface area (Å²) in [6.45, 7) is 0.788. The standard InChI is InChI=1S/C15H18N2O4/c1-21-15(20)11-4-2-10(3-5-11)8-17-14(19)12-6-7-13(18)16-9-12/h2-5,12H,6-9H2,1H3,(H,16,18)(H,17,19). The molecule has 1 unspecified atom stereocenters. The second-order valence-corrected chi connectivity index (χ2v) is 4.95. The molecule has 2 amide bonds. The molecular formula is C15H18N2O4. The summed E-state index contributed by atoms with van der Waals surface area (Å²) in [7, 11) is 1.33. The van der Waals surface area contributed by atoms with Gasteiger partial charge < -0.3 is 15.4 Å². The molecule has 21 heavy (non-hydrogen) atoms. The summed E-state index contributed by atoms with van der Waals surface area (Å²) in [4.78, 5) is 34.3. The number of rotatable bonds is 4. The van der Waals surface area contributed by atoms with Crippen LogP contribution in [0.4, 0.5) is 0 Å². The number of hydrogen-bond acceptors (Lipinski definition) is 4. The molecule has 0 spiro atoms. The lowest BCUT2D eigenvalue weighted by molar-refractivity contribution is -0.129. The molecule has 1 aromatic rings. The number of nitrogens with one attached hydrogen (secondary N) is 2. The summed E-state index contributed by atoms with van der Waals surface area (Å²) in [5.41, 5.74) is 1.37. The molecule has 1 fully saturated rings. The van der Waals surface area contributed by atoms with Gasteiger partial charge in [0.2, 0.25) is 11.8 Å². The van der Waals surface area contributed by atoms with Gasteiger partial charge in [-0.25, -0.2) is 4.79 Å². The number of methoxy groups -OCH3 is 1. The van der Waals surface area contributed by atoms with Crippen LogP contribution in [-0.2, 0) is 20.9 Å². The topological polar surface area (TPSA) is 84.5 Å². The predicted molar refractivity (Wildman–Crippen MR) is 75.4 cm³/mol. The van der Waals surface area contributed by atoms with Gasteiger partial charge in [-0.15, -0.1) is 0 Å². The number of carbonyl (C=O) groups is 3. The molecule has 1 atom stereocenters. The van der Waals surface area contributed by atoms with Gasteiger partial charge in [0, 0.05) is 19.5 Å². The van der Waals surface area contributed by atoms with Crippen molar-refractivity contribution >= 4 is 17.8 Å². The zero-order valence-corrected chi connectivity index (χ0v) is 11.8. The number of carbonyl (C=O) groups excluding carboxylic acids is 3. The van der Waals surface area contributed by atoms with Crippen LogP contribution in [-0.4, -0.2) is 31.4 Å². The molecule has 1 heterocycles. The van der Waals surface area contributed by atoms with Crippen molar-refractivity contribution in [1.29, 1.82) is 0 Å². The number of benzene rings is 1. The molecule has 2 rings (SSSR count). The first-order valence-electron chi connectivity index (χ1n) is 6.82.